The second-order valence-electron chi connectivity index (χ2n) is 8.27. The number of halogens is 1. The summed E-state index contributed by atoms with van der Waals surface area (Å²) in [5.41, 5.74) is 4.38. The van der Waals surface area contributed by atoms with Crippen LogP contribution in [0.2, 0.25) is 5.02 Å². The number of nitrogens with zero attached hydrogens (tertiary/aromatic N) is 2. The van der Waals surface area contributed by atoms with E-state index < -0.39 is 0 Å². The highest BCUT2D eigenvalue weighted by Crippen LogP contribution is 2.25. The summed E-state index contributed by atoms with van der Waals surface area (Å²) in [4.78, 5) is 16.8. The van der Waals surface area contributed by atoms with Crippen molar-refractivity contribution in [3.05, 3.63) is 64.2 Å². The van der Waals surface area contributed by atoms with Gasteiger partial charge in [0.1, 0.15) is 0 Å². The number of hydrogen-bond donors (Lipinski definition) is 1. The first-order chi connectivity index (χ1) is 14.1. The third-order valence-corrected chi connectivity index (χ3v) is 6.61. The third kappa shape index (κ3) is 4.93. The highest BCUT2D eigenvalue weighted by Gasteiger charge is 2.21. The Morgan fingerprint density at radius 3 is 2.38 bits per heavy atom. The van der Waals surface area contributed by atoms with Gasteiger partial charge in [-0.05, 0) is 68.0 Å². The smallest absolute Gasteiger partial charge is 0.253 e. The first kappa shape index (κ1) is 20.2. The number of aryl methyl sites for hydroxylation is 1. The lowest BCUT2D eigenvalue weighted by molar-refractivity contribution is 0.0793. The maximum absolute atomic E-state index is 12.4. The van der Waals surface area contributed by atoms with E-state index in [1.807, 2.05) is 24.0 Å². The average Bonchev–Trinajstić information content (AvgIpc) is 3.29. The molecule has 1 amide bonds. The molecular formula is C24H30ClN3O. The summed E-state index contributed by atoms with van der Waals surface area (Å²) in [6.07, 6.45) is 4.50. The fraction of sp³-hybridized carbons (Fsp3) is 0.458. The second-order valence-corrected chi connectivity index (χ2v) is 8.68. The van der Waals surface area contributed by atoms with Crippen LogP contribution in [0.15, 0.2) is 42.5 Å². The van der Waals surface area contributed by atoms with Crippen molar-refractivity contribution >= 4 is 23.2 Å². The zero-order valence-corrected chi connectivity index (χ0v) is 17.9. The molecule has 0 aromatic heterocycles. The monoisotopic (exact) mass is 411 g/mol. The second kappa shape index (κ2) is 9.19. The summed E-state index contributed by atoms with van der Waals surface area (Å²) in [5.74, 6) is 0.172. The van der Waals surface area contributed by atoms with Gasteiger partial charge in [0.05, 0.1) is 0 Å². The molecule has 0 spiro atoms. The van der Waals surface area contributed by atoms with Crippen molar-refractivity contribution in [3.8, 4) is 0 Å². The van der Waals surface area contributed by atoms with Gasteiger partial charge < -0.3 is 15.1 Å². The van der Waals surface area contributed by atoms with Crippen LogP contribution in [0.5, 0.6) is 0 Å². The number of benzene rings is 2. The van der Waals surface area contributed by atoms with Crippen molar-refractivity contribution in [3.63, 3.8) is 0 Å². The minimum Gasteiger partial charge on any atom is -0.371 e. The summed E-state index contributed by atoms with van der Waals surface area (Å²) in [5, 5.41) is 4.53. The zero-order chi connectivity index (χ0) is 20.2. The molecule has 0 aliphatic carbocycles. The Bertz CT molecular complexity index is 838. The Hall–Kier alpha value is -2.04. The summed E-state index contributed by atoms with van der Waals surface area (Å²) in [7, 11) is 0. The van der Waals surface area contributed by atoms with E-state index >= 15 is 0 Å². The number of piperidine rings is 1. The molecule has 0 bridgehead atoms. The van der Waals surface area contributed by atoms with Crippen LogP contribution < -0.4 is 10.2 Å². The topological polar surface area (TPSA) is 35.6 Å². The van der Waals surface area contributed by atoms with E-state index in [0.29, 0.717) is 6.04 Å². The molecule has 154 valence electrons. The van der Waals surface area contributed by atoms with Crippen molar-refractivity contribution < 1.29 is 4.79 Å². The van der Waals surface area contributed by atoms with Gasteiger partial charge >= 0.3 is 0 Å². The molecule has 2 aliphatic rings. The Kier molecular flexibility index (Phi) is 6.41. The Balaban J connectivity index is 1.25. The number of hydrogen-bond acceptors (Lipinski definition) is 3. The predicted octanol–water partition coefficient (Wildman–Crippen LogP) is 4.64. The van der Waals surface area contributed by atoms with Gasteiger partial charge in [-0.2, -0.15) is 0 Å². The highest BCUT2D eigenvalue weighted by atomic mass is 35.5. The molecule has 0 atom stereocenters. The fourth-order valence-electron chi connectivity index (χ4n) is 4.25. The van der Waals surface area contributed by atoms with Crippen molar-refractivity contribution in [1.82, 2.24) is 10.2 Å². The lowest BCUT2D eigenvalue weighted by Gasteiger charge is -2.34. The number of carbonyl (C=O) groups is 1. The van der Waals surface area contributed by atoms with Crippen LogP contribution in [-0.2, 0) is 6.54 Å². The molecule has 2 aliphatic heterocycles. The molecular weight excluding hydrogens is 382 g/mol. The molecule has 5 heteroatoms. The number of rotatable bonds is 5. The van der Waals surface area contributed by atoms with Gasteiger partial charge in [0.25, 0.3) is 5.91 Å². The van der Waals surface area contributed by atoms with Gasteiger partial charge in [0, 0.05) is 55.0 Å². The number of anilines is 1. The van der Waals surface area contributed by atoms with E-state index in [1.54, 1.807) is 0 Å². The average molecular weight is 412 g/mol. The number of carbonyl (C=O) groups excluding carboxylic acids is 1. The third-order valence-electron chi connectivity index (χ3n) is 6.20. The minimum absolute atomic E-state index is 0.172. The van der Waals surface area contributed by atoms with Crippen LogP contribution in [-0.4, -0.2) is 43.0 Å². The van der Waals surface area contributed by atoms with Gasteiger partial charge in [0.2, 0.25) is 0 Å². The maximum atomic E-state index is 12.4. The predicted molar refractivity (Wildman–Crippen MR) is 120 cm³/mol. The van der Waals surface area contributed by atoms with Gasteiger partial charge in [0.15, 0.2) is 0 Å². The molecule has 2 saturated heterocycles. The van der Waals surface area contributed by atoms with Gasteiger partial charge in [-0.1, -0.05) is 29.8 Å². The lowest BCUT2D eigenvalue weighted by atomic mass is 10.0. The van der Waals surface area contributed by atoms with E-state index in [-0.39, 0.29) is 5.91 Å². The van der Waals surface area contributed by atoms with Crippen molar-refractivity contribution in [2.45, 2.75) is 45.2 Å². The first-order valence-electron chi connectivity index (χ1n) is 10.7. The summed E-state index contributed by atoms with van der Waals surface area (Å²) < 4.78 is 0. The van der Waals surface area contributed by atoms with Crippen molar-refractivity contribution in [1.29, 1.82) is 0 Å². The number of nitrogens with one attached hydrogen (secondary N) is 1. The Morgan fingerprint density at radius 1 is 1.03 bits per heavy atom. The Labute approximate surface area is 178 Å². The van der Waals surface area contributed by atoms with E-state index in [4.69, 9.17) is 11.6 Å². The van der Waals surface area contributed by atoms with Crippen LogP contribution >= 0.6 is 11.6 Å². The highest BCUT2D eigenvalue weighted by molar-refractivity contribution is 6.31. The van der Waals surface area contributed by atoms with Crippen LogP contribution in [0.4, 0.5) is 5.69 Å². The molecule has 2 aromatic carbocycles. The van der Waals surface area contributed by atoms with E-state index in [2.05, 4.69) is 40.5 Å². The number of amides is 1. The van der Waals surface area contributed by atoms with Gasteiger partial charge in [-0.3, -0.25) is 4.79 Å². The largest absolute Gasteiger partial charge is 0.371 e. The van der Waals surface area contributed by atoms with E-state index in [0.717, 1.165) is 74.6 Å². The van der Waals surface area contributed by atoms with Crippen LogP contribution in [0, 0.1) is 6.92 Å². The quantitative estimate of drug-likeness (QED) is 0.778. The van der Waals surface area contributed by atoms with Crippen LogP contribution in [0.1, 0.15) is 47.2 Å². The van der Waals surface area contributed by atoms with Crippen molar-refractivity contribution in [2.75, 3.05) is 31.1 Å². The molecule has 4 rings (SSSR count). The van der Waals surface area contributed by atoms with Crippen LogP contribution in [0.25, 0.3) is 0 Å². The normalized spacial score (nSPS) is 17.7. The molecule has 0 saturated carbocycles. The van der Waals surface area contributed by atoms with E-state index in [1.165, 1.54) is 11.3 Å². The molecule has 0 unspecified atom stereocenters. The molecule has 29 heavy (non-hydrogen) atoms. The van der Waals surface area contributed by atoms with E-state index in [9.17, 15) is 4.79 Å². The van der Waals surface area contributed by atoms with Crippen molar-refractivity contribution in [2.24, 2.45) is 0 Å². The maximum Gasteiger partial charge on any atom is 0.253 e. The molecule has 1 N–H and O–H groups in total. The van der Waals surface area contributed by atoms with Gasteiger partial charge in [-0.25, -0.2) is 0 Å². The molecule has 2 heterocycles. The summed E-state index contributed by atoms with van der Waals surface area (Å²) >= 11 is 6.28. The summed E-state index contributed by atoms with van der Waals surface area (Å²) in [6, 6.07) is 15.0. The first-order valence-corrected chi connectivity index (χ1v) is 11.1. The van der Waals surface area contributed by atoms with Crippen LogP contribution in [0.3, 0.4) is 0 Å². The standard InChI is InChI=1S/C24H30ClN3O/c1-18-4-9-22(16-23(18)25)27-14-10-21(11-15-27)26-17-19-5-7-20(8-6-19)24(29)28-12-2-3-13-28/h4-9,16,21,26H,2-3,10-15,17H2,1H3. The molecule has 4 nitrogen and oxygen atoms in total. The lowest BCUT2D eigenvalue weighted by Crippen LogP contribution is -2.42. The number of likely N-dealkylation sites (tertiary alicyclic amines) is 1. The molecule has 2 fully saturated rings. The zero-order valence-electron chi connectivity index (χ0n) is 17.2. The van der Waals surface area contributed by atoms with Gasteiger partial charge in [-0.15, -0.1) is 0 Å². The molecule has 0 radical (unpaired) electrons. The molecule has 2 aromatic rings. The Morgan fingerprint density at radius 2 is 1.72 bits per heavy atom. The minimum atomic E-state index is 0.172. The fourth-order valence-corrected chi connectivity index (χ4v) is 4.43. The SMILES string of the molecule is Cc1ccc(N2CCC(NCc3ccc(C(=O)N4CCCC4)cc3)CC2)cc1Cl. The summed E-state index contributed by atoms with van der Waals surface area (Å²) in [6.45, 7) is 6.77.